The number of hydrogen-bond donors (Lipinski definition) is 0. The number of para-hydroxylation sites is 4. The minimum Gasteiger partial charge on any atom is -0.500 e. The van der Waals surface area contributed by atoms with Crippen LogP contribution in [0.4, 0.5) is 0 Å². The van der Waals surface area contributed by atoms with E-state index in [-0.39, 0.29) is 20.1 Å². The number of fused-ring (bicyclic) bond motifs is 4. The van der Waals surface area contributed by atoms with Crippen LogP contribution in [0.15, 0.2) is 120 Å². The van der Waals surface area contributed by atoms with Crippen LogP contribution < -0.4 is 5.19 Å². The van der Waals surface area contributed by atoms with Gasteiger partial charge in [-0.2, -0.15) is 0 Å². The van der Waals surface area contributed by atoms with Gasteiger partial charge in [-0.15, -0.1) is 59.7 Å². The summed E-state index contributed by atoms with van der Waals surface area (Å²) in [5, 5.41) is 3.74. The number of furan rings is 1. The first-order chi connectivity index (χ1) is 27.6. The molecule has 1 saturated carbocycles. The maximum Gasteiger partial charge on any atom is 0.120 e. The van der Waals surface area contributed by atoms with Crippen LogP contribution in [0.1, 0.15) is 88.3 Å². The third-order valence-corrected chi connectivity index (χ3v) is 13.8. The Bertz CT molecular complexity index is 2620. The van der Waals surface area contributed by atoms with Crippen molar-refractivity contribution in [3.8, 4) is 28.3 Å². The molecule has 1 radical (unpaired) electrons. The van der Waals surface area contributed by atoms with Crippen molar-refractivity contribution in [3.63, 3.8) is 0 Å². The number of nitrogens with zero attached hydrogens (tertiary/aromatic N) is 3. The van der Waals surface area contributed by atoms with Crippen molar-refractivity contribution in [2.24, 2.45) is 5.92 Å². The summed E-state index contributed by atoms with van der Waals surface area (Å²) in [5.41, 5.74) is 12.4. The molecular formula is C52H55IrN3OSi-2. The third kappa shape index (κ3) is 8.57. The molecule has 0 N–H and O–H groups in total. The molecule has 8 aromatic rings. The van der Waals surface area contributed by atoms with Crippen LogP contribution in [0.2, 0.25) is 19.6 Å². The second-order valence-electron chi connectivity index (χ2n) is 17.5. The maximum atomic E-state index is 6.06. The quantitative estimate of drug-likeness (QED) is 0.113. The summed E-state index contributed by atoms with van der Waals surface area (Å²) in [6.45, 7) is 16.3. The van der Waals surface area contributed by atoms with Gasteiger partial charge in [-0.25, -0.2) is 0 Å². The molecule has 299 valence electrons. The Morgan fingerprint density at radius 2 is 1.45 bits per heavy atom. The molecule has 3 aromatic heterocycles. The number of rotatable bonds is 8. The number of aromatic nitrogens is 3. The monoisotopic (exact) mass is 958 g/mol. The van der Waals surface area contributed by atoms with Gasteiger partial charge >= 0.3 is 0 Å². The van der Waals surface area contributed by atoms with E-state index in [1.807, 2.05) is 30.3 Å². The molecule has 0 atom stereocenters. The summed E-state index contributed by atoms with van der Waals surface area (Å²) in [6, 6.07) is 44.7. The van der Waals surface area contributed by atoms with E-state index in [1.54, 1.807) is 10.8 Å². The predicted molar refractivity (Wildman–Crippen MR) is 243 cm³/mol. The minimum absolute atomic E-state index is 0. The van der Waals surface area contributed by atoms with Gasteiger partial charge in [0.15, 0.2) is 0 Å². The van der Waals surface area contributed by atoms with Crippen molar-refractivity contribution in [3.05, 3.63) is 144 Å². The van der Waals surface area contributed by atoms with Gasteiger partial charge in [0.1, 0.15) is 5.58 Å². The van der Waals surface area contributed by atoms with Crippen LogP contribution in [0.3, 0.4) is 0 Å². The van der Waals surface area contributed by atoms with Crippen molar-refractivity contribution in [1.82, 2.24) is 14.5 Å². The van der Waals surface area contributed by atoms with Crippen LogP contribution in [0.25, 0.3) is 61.3 Å². The molecule has 1 fully saturated rings. The number of imidazole rings is 1. The van der Waals surface area contributed by atoms with Gasteiger partial charge in [-0.3, -0.25) is 4.98 Å². The van der Waals surface area contributed by atoms with Crippen molar-refractivity contribution >= 4 is 46.2 Å². The first kappa shape index (κ1) is 41.5. The average Bonchev–Trinajstić information content (AvgIpc) is 3.79. The summed E-state index contributed by atoms with van der Waals surface area (Å²) < 4.78 is 8.41. The molecule has 5 aromatic carbocycles. The Kier molecular flexibility index (Phi) is 12.7. The minimum atomic E-state index is -1.36. The van der Waals surface area contributed by atoms with Gasteiger partial charge in [0.05, 0.1) is 30.5 Å². The zero-order chi connectivity index (χ0) is 39.7. The number of hydrogen-bond acceptors (Lipinski definition) is 3. The van der Waals surface area contributed by atoms with E-state index in [0.717, 1.165) is 61.5 Å². The standard InChI is InChI=1S/C31H27N2O.C21H28NSi.Ir/c1-19(2)22-11-9-12-23(20(3)4)30(22)33-27-14-7-6-13-26(27)32-31(33)21-16-17-29-25(18-21)24-10-5-8-15-28(24)34-29;1-23(2,3)21-16-22-20(18-12-8-5-9-13-18)15-19(21)14-17-10-6-4-7-11-17;/h5-15,17-20H,1-4H3;5,8-9,12,15-17H,4,6-7,10-11,14H2,1-3H3;/q2*-1;. The van der Waals surface area contributed by atoms with Crippen LogP contribution in [0.5, 0.6) is 0 Å². The van der Waals surface area contributed by atoms with E-state index in [9.17, 15) is 0 Å². The van der Waals surface area contributed by atoms with Crippen molar-refractivity contribution in [2.45, 2.75) is 97.7 Å². The first-order valence-corrected chi connectivity index (χ1v) is 24.5. The molecule has 0 spiro atoms. The van der Waals surface area contributed by atoms with Crippen LogP contribution in [-0.2, 0) is 26.5 Å². The van der Waals surface area contributed by atoms with Crippen LogP contribution in [0, 0.1) is 18.1 Å². The maximum absolute atomic E-state index is 6.06. The van der Waals surface area contributed by atoms with Crippen LogP contribution >= 0.6 is 0 Å². The fourth-order valence-corrected chi connectivity index (χ4v) is 10.3. The van der Waals surface area contributed by atoms with Gasteiger partial charge in [-0.05, 0) is 64.4 Å². The smallest absolute Gasteiger partial charge is 0.120 e. The van der Waals surface area contributed by atoms with E-state index in [4.69, 9.17) is 14.4 Å². The molecular weight excluding hydrogens is 903 g/mol. The van der Waals surface area contributed by atoms with E-state index >= 15 is 0 Å². The summed E-state index contributed by atoms with van der Waals surface area (Å²) in [7, 11) is -1.36. The molecule has 0 amide bonds. The Morgan fingerprint density at radius 3 is 2.16 bits per heavy atom. The van der Waals surface area contributed by atoms with E-state index in [0.29, 0.717) is 11.8 Å². The second-order valence-corrected chi connectivity index (χ2v) is 22.6. The molecule has 1 aliphatic rings. The average molecular weight is 958 g/mol. The molecule has 9 rings (SSSR count). The molecule has 0 unspecified atom stereocenters. The van der Waals surface area contributed by atoms with E-state index in [1.165, 1.54) is 55.3 Å². The zero-order valence-electron chi connectivity index (χ0n) is 35.0. The van der Waals surface area contributed by atoms with Gasteiger partial charge in [0.2, 0.25) is 0 Å². The molecule has 0 aliphatic heterocycles. The predicted octanol–water partition coefficient (Wildman–Crippen LogP) is 13.9. The molecule has 3 heterocycles. The SMILES string of the molecule is CC(C)c1cccc(C(C)C)c1-n1c(-c2[c-]cc3oc4ccccc4c3c2)nc2ccccc21.C[Si](C)(C)c1cnc(-c2[c-]cccc2)cc1CC1CCCCC1.[Ir]. The fourth-order valence-electron chi connectivity index (χ4n) is 8.75. The van der Waals surface area contributed by atoms with Crippen molar-refractivity contribution < 1.29 is 24.5 Å². The summed E-state index contributed by atoms with van der Waals surface area (Å²) in [6.07, 6.45) is 10.5. The number of benzene rings is 5. The summed E-state index contributed by atoms with van der Waals surface area (Å²) >= 11 is 0. The third-order valence-electron chi connectivity index (χ3n) is 11.7. The van der Waals surface area contributed by atoms with Gasteiger partial charge in [0.25, 0.3) is 0 Å². The molecule has 0 saturated heterocycles. The van der Waals surface area contributed by atoms with Crippen LogP contribution in [-0.4, -0.2) is 22.6 Å². The number of pyridine rings is 1. The Balaban J connectivity index is 0.000000187. The topological polar surface area (TPSA) is 43.9 Å². The van der Waals surface area contributed by atoms with E-state index < -0.39 is 8.07 Å². The molecule has 4 nitrogen and oxygen atoms in total. The second kappa shape index (κ2) is 17.7. The molecule has 6 heteroatoms. The van der Waals surface area contributed by atoms with Gasteiger partial charge in [0, 0.05) is 37.4 Å². The van der Waals surface area contributed by atoms with Crippen molar-refractivity contribution in [2.75, 3.05) is 0 Å². The van der Waals surface area contributed by atoms with Gasteiger partial charge < -0.3 is 14.0 Å². The summed E-state index contributed by atoms with van der Waals surface area (Å²) in [4.78, 5) is 9.91. The van der Waals surface area contributed by atoms with E-state index in [2.05, 4.69) is 149 Å². The first-order valence-electron chi connectivity index (χ1n) is 21.0. The Hall–Kier alpha value is -4.61. The normalized spacial score (nSPS) is 13.6. The molecule has 1 aliphatic carbocycles. The molecule has 58 heavy (non-hydrogen) atoms. The molecule has 0 bridgehead atoms. The van der Waals surface area contributed by atoms with Crippen molar-refractivity contribution in [1.29, 1.82) is 0 Å². The summed E-state index contributed by atoms with van der Waals surface area (Å²) in [5.74, 6) is 2.54. The largest absolute Gasteiger partial charge is 0.500 e. The Labute approximate surface area is 359 Å². The Morgan fingerprint density at radius 1 is 0.741 bits per heavy atom. The van der Waals surface area contributed by atoms with Gasteiger partial charge in [-0.1, -0.05) is 145 Å². The zero-order valence-corrected chi connectivity index (χ0v) is 38.4. The fraction of sp³-hybridized carbons (Fsp3) is 0.308.